The molecule has 4 nitrogen and oxygen atoms in total. The molecule has 1 saturated heterocycles. The van der Waals surface area contributed by atoms with Gasteiger partial charge in [0.05, 0.1) is 23.6 Å². The number of likely N-dealkylation sites (tertiary alicyclic amines) is 1. The number of nitrogens with two attached hydrogens (primary N) is 1. The Morgan fingerprint density at radius 3 is 2.94 bits per heavy atom. The van der Waals surface area contributed by atoms with Crippen LogP contribution in [0.15, 0.2) is 12.3 Å². The zero-order valence-corrected chi connectivity index (χ0v) is 10.1. The van der Waals surface area contributed by atoms with E-state index < -0.39 is 0 Å². The van der Waals surface area contributed by atoms with E-state index in [9.17, 15) is 0 Å². The van der Waals surface area contributed by atoms with Crippen LogP contribution in [0.1, 0.15) is 44.8 Å². The number of nitrogen functional groups attached to an aromatic ring is 1. The van der Waals surface area contributed by atoms with Crippen LogP contribution in [0.4, 0.5) is 5.69 Å². The topological polar surface area (TPSA) is 55.0 Å². The molecule has 0 aliphatic carbocycles. The zero-order chi connectivity index (χ0) is 11.5. The summed E-state index contributed by atoms with van der Waals surface area (Å²) in [5.74, 6) is 0. The van der Waals surface area contributed by atoms with Gasteiger partial charge in [-0.25, -0.2) is 0 Å². The maximum absolute atomic E-state index is 5.77. The lowest BCUT2D eigenvalue weighted by molar-refractivity contribution is 0.108. The second kappa shape index (κ2) is 4.78. The molecule has 1 fully saturated rings. The van der Waals surface area contributed by atoms with Crippen molar-refractivity contribution in [1.82, 2.24) is 15.1 Å². The largest absolute Gasteiger partial charge is 0.397 e. The van der Waals surface area contributed by atoms with Crippen molar-refractivity contribution in [1.29, 1.82) is 0 Å². The van der Waals surface area contributed by atoms with E-state index in [2.05, 4.69) is 28.9 Å². The van der Waals surface area contributed by atoms with E-state index in [0.717, 1.165) is 18.7 Å². The highest BCUT2D eigenvalue weighted by Crippen LogP contribution is 2.31. The number of piperidine rings is 1. The fraction of sp³-hybridized carbons (Fsp3) is 0.667. The van der Waals surface area contributed by atoms with Crippen LogP contribution in [0.25, 0.3) is 0 Å². The lowest BCUT2D eigenvalue weighted by Crippen LogP contribution is -2.38. The first-order valence-electron chi connectivity index (χ1n) is 6.02. The first-order chi connectivity index (χ1) is 7.68. The van der Waals surface area contributed by atoms with Gasteiger partial charge < -0.3 is 5.73 Å². The summed E-state index contributed by atoms with van der Waals surface area (Å²) in [6.07, 6.45) is 5.32. The Labute approximate surface area is 96.9 Å². The van der Waals surface area contributed by atoms with Gasteiger partial charge >= 0.3 is 0 Å². The number of rotatable bonds is 2. The minimum Gasteiger partial charge on any atom is -0.397 e. The van der Waals surface area contributed by atoms with Crippen LogP contribution >= 0.6 is 0 Å². The van der Waals surface area contributed by atoms with E-state index in [1.165, 1.54) is 12.8 Å². The van der Waals surface area contributed by atoms with Gasteiger partial charge in [0.25, 0.3) is 0 Å². The second-order valence-electron chi connectivity index (χ2n) is 4.76. The van der Waals surface area contributed by atoms with Crippen LogP contribution in [0, 0.1) is 0 Å². The lowest BCUT2D eigenvalue weighted by atomic mass is 9.97. The van der Waals surface area contributed by atoms with E-state index >= 15 is 0 Å². The summed E-state index contributed by atoms with van der Waals surface area (Å²) in [6, 6.07) is 2.90. The van der Waals surface area contributed by atoms with Crippen molar-refractivity contribution in [3.05, 3.63) is 18.0 Å². The highest BCUT2D eigenvalue weighted by Gasteiger charge is 2.27. The molecule has 0 amide bonds. The van der Waals surface area contributed by atoms with Gasteiger partial charge in [-0.05, 0) is 39.3 Å². The third kappa shape index (κ3) is 2.32. The van der Waals surface area contributed by atoms with Crippen LogP contribution in [0.3, 0.4) is 0 Å². The summed E-state index contributed by atoms with van der Waals surface area (Å²) in [5, 5.41) is 8.18. The Kier molecular flexibility index (Phi) is 3.39. The third-order valence-electron chi connectivity index (χ3n) is 3.24. The number of hydrogen-bond acceptors (Lipinski definition) is 4. The average molecular weight is 220 g/mol. The SMILES string of the molecule is CC(C)N1CCCCC1c1cc(N)cnn1. The smallest absolute Gasteiger partial charge is 0.0823 e. The zero-order valence-electron chi connectivity index (χ0n) is 10.1. The van der Waals surface area contributed by atoms with E-state index in [1.54, 1.807) is 6.20 Å². The van der Waals surface area contributed by atoms with Gasteiger partial charge in [0.15, 0.2) is 0 Å². The highest BCUT2D eigenvalue weighted by molar-refractivity contribution is 5.35. The molecule has 0 radical (unpaired) electrons. The molecule has 0 bridgehead atoms. The van der Waals surface area contributed by atoms with Crippen molar-refractivity contribution < 1.29 is 0 Å². The monoisotopic (exact) mass is 220 g/mol. The molecule has 0 spiro atoms. The van der Waals surface area contributed by atoms with Crippen molar-refractivity contribution >= 4 is 5.69 Å². The second-order valence-corrected chi connectivity index (χ2v) is 4.76. The third-order valence-corrected chi connectivity index (χ3v) is 3.24. The van der Waals surface area contributed by atoms with Crippen LogP contribution in [0.2, 0.25) is 0 Å². The van der Waals surface area contributed by atoms with Crippen LogP contribution < -0.4 is 5.73 Å². The summed E-state index contributed by atoms with van der Waals surface area (Å²) in [5.41, 5.74) is 7.50. The minimum atomic E-state index is 0.393. The predicted molar refractivity (Wildman–Crippen MR) is 64.9 cm³/mol. The minimum absolute atomic E-state index is 0.393. The van der Waals surface area contributed by atoms with Crippen LogP contribution in [0.5, 0.6) is 0 Å². The quantitative estimate of drug-likeness (QED) is 0.828. The van der Waals surface area contributed by atoms with Gasteiger partial charge in [0.2, 0.25) is 0 Å². The van der Waals surface area contributed by atoms with E-state index in [0.29, 0.717) is 17.8 Å². The molecule has 4 heteroatoms. The van der Waals surface area contributed by atoms with Crippen molar-refractivity contribution in [2.24, 2.45) is 0 Å². The number of aromatic nitrogens is 2. The molecule has 1 aromatic rings. The molecule has 2 rings (SSSR count). The molecule has 1 aliphatic rings. The molecule has 2 N–H and O–H groups in total. The van der Waals surface area contributed by atoms with Gasteiger partial charge in [-0.3, -0.25) is 4.90 Å². The van der Waals surface area contributed by atoms with E-state index in [4.69, 9.17) is 5.73 Å². The molecule has 2 heterocycles. The Morgan fingerprint density at radius 2 is 2.25 bits per heavy atom. The van der Waals surface area contributed by atoms with Gasteiger partial charge in [0, 0.05) is 6.04 Å². The van der Waals surface area contributed by atoms with Crippen molar-refractivity contribution in [2.45, 2.75) is 45.2 Å². The van der Waals surface area contributed by atoms with Gasteiger partial charge in [0.1, 0.15) is 0 Å². The molecular weight excluding hydrogens is 200 g/mol. The molecule has 88 valence electrons. The molecule has 1 aromatic heterocycles. The molecule has 0 aromatic carbocycles. The Hall–Kier alpha value is -1.16. The van der Waals surface area contributed by atoms with Crippen LogP contribution in [-0.2, 0) is 0 Å². The number of nitrogens with zero attached hydrogens (tertiary/aromatic N) is 3. The van der Waals surface area contributed by atoms with Crippen molar-refractivity contribution in [3.63, 3.8) is 0 Å². The fourth-order valence-corrected chi connectivity index (χ4v) is 2.45. The standard InChI is InChI=1S/C12H20N4/c1-9(2)16-6-4-3-5-12(16)11-7-10(13)8-14-15-11/h7-9,12H,3-6H2,1-2H3,(H2,13,15). The van der Waals surface area contributed by atoms with E-state index in [-0.39, 0.29) is 0 Å². The lowest BCUT2D eigenvalue weighted by Gasteiger charge is -2.38. The average Bonchev–Trinajstić information content (AvgIpc) is 2.29. The summed E-state index contributed by atoms with van der Waals surface area (Å²) in [4.78, 5) is 2.49. The predicted octanol–water partition coefficient (Wildman–Crippen LogP) is 1.99. The van der Waals surface area contributed by atoms with Gasteiger partial charge in [-0.15, -0.1) is 0 Å². The Bertz CT molecular complexity index is 351. The molecule has 1 atom stereocenters. The van der Waals surface area contributed by atoms with Crippen LogP contribution in [-0.4, -0.2) is 27.7 Å². The van der Waals surface area contributed by atoms with E-state index in [1.807, 2.05) is 6.07 Å². The summed E-state index contributed by atoms with van der Waals surface area (Å²) in [7, 11) is 0. The molecule has 1 unspecified atom stereocenters. The first kappa shape index (κ1) is 11.3. The van der Waals surface area contributed by atoms with Crippen molar-refractivity contribution in [2.75, 3.05) is 12.3 Å². The number of anilines is 1. The molecular formula is C12H20N4. The first-order valence-corrected chi connectivity index (χ1v) is 6.02. The maximum Gasteiger partial charge on any atom is 0.0823 e. The fourth-order valence-electron chi connectivity index (χ4n) is 2.45. The Balaban J connectivity index is 2.23. The summed E-state index contributed by atoms with van der Waals surface area (Å²) in [6.45, 7) is 5.62. The normalized spacial score (nSPS) is 22.6. The molecule has 1 aliphatic heterocycles. The number of hydrogen-bond donors (Lipinski definition) is 1. The van der Waals surface area contributed by atoms with Crippen molar-refractivity contribution in [3.8, 4) is 0 Å². The van der Waals surface area contributed by atoms with Gasteiger partial charge in [-0.1, -0.05) is 6.42 Å². The maximum atomic E-state index is 5.77. The molecule has 16 heavy (non-hydrogen) atoms. The summed E-state index contributed by atoms with van der Waals surface area (Å²) >= 11 is 0. The summed E-state index contributed by atoms with van der Waals surface area (Å²) < 4.78 is 0. The highest BCUT2D eigenvalue weighted by atomic mass is 15.2. The molecule has 0 saturated carbocycles. The Morgan fingerprint density at radius 1 is 1.44 bits per heavy atom. The van der Waals surface area contributed by atoms with Gasteiger partial charge in [-0.2, -0.15) is 10.2 Å².